The van der Waals surface area contributed by atoms with Crippen LogP contribution in [-0.2, 0) is 4.79 Å². The van der Waals surface area contributed by atoms with Gasteiger partial charge in [-0.2, -0.15) is 11.8 Å². The molecule has 3 nitrogen and oxygen atoms in total. The first kappa shape index (κ1) is 12.9. The molecule has 5 heteroatoms. The first-order valence-electron chi connectivity index (χ1n) is 2.65. The molecule has 0 aromatic heterocycles. The van der Waals surface area contributed by atoms with Gasteiger partial charge < -0.3 is 10.8 Å². The van der Waals surface area contributed by atoms with E-state index < -0.39 is 12.0 Å². The van der Waals surface area contributed by atoms with Crippen molar-refractivity contribution in [3.63, 3.8) is 0 Å². The minimum atomic E-state index is -0.913. The van der Waals surface area contributed by atoms with E-state index in [4.69, 9.17) is 10.8 Å². The minimum absolute atomic E-state index is 0. The third-order valence-corrected chi connectivity index (χ3v) is 1.59. The zero-order chi connectivity index (χ0) is 7.28. The molecule has 0 aromatic carbocycles. The van der Waals surface area contributed by atoms with E-state index in [9.17, 15) is 4.79 Å². The van der Waals surface area contributed by atoms with Gasteiger partial charge in [-0.25, -0.2) is 0 Å². The quantitative estimate of drug-likeness (QED) is 0.541. The van der Waals surface area contributed by atoms with Gasteiger partial charge in [0.1, 0.15) is 6.04 Å². The summed E-state index contributed by atoms with van der Waals surface area (Å²) in [6.07, 6.45) is 2.48. The van der Waals surface area contributed by atoms with Gasteiger partial charge in [0.05, 0.1) is 0 Å². The van der Waals surface area contributed by atoms with Gasteiger partial charge in [-0.1, -0.05) is 0 Å². The van der Waals surface area contributed by atoms with Crippen LogP contribution in [-0.4, -0.2) is 46.5 Å². The summed E-state index contributed by atoms with van der Waals surface area (Å²) in [5.41, 5.74) is 5.19. The molecule has 0 radical (unpaired) electrons. The van der Waals surface area contributed by atoms with E-state index in [1.807, 2.05) is 6.26 Å². The largest absolute Gasteiger partial charge is 0.480 e. The van der Waals surface area contributed by atoms with Gasteiger partial charge in [0, 0.05) is 0 Å². The van der Waals surface area contributed by atoms with Crippen molar-refractivity contribution in [3.05, 3.63) is 0 Å². The lowest BCUT2D eigenvalue weighted by Gasteiger charge is -2.02. The lowest BCUT2D eigenvalue weighted by Crippen LogP contribution is -2.30. The molecule has 0 aliphatic heterocycles. The summed E-state index contributed by atoms with van der Waals surface area (Å²) < 4.78 is 0. The van der Waals surface area contributed by atoms with Crippen LogP contribution in [0.2, 0.25) is 0 Å². The third-order valence-electron chi connectivity index (χ3n) is 0.950. The molecular weight excluding hydrogens is 165 g/mol. The Morgan fingerprint density at radius 2 is 2.30 bits per heavy atom. The molecule has 0 aromatic rings. The van der Waals surface area contributed by atoms with E-state index in [0.29, 0.717) is 6.42 Å². The number of hydrogen-bond acceptors (Lipinski definition) is 3. The normalized spacial score (nSPS) is 11.8. The monoisotopic (exact) mass is 179 g/mol. The standard InChI is InChI=1S/C5H11NO2S.Al.3H/c1-9-3-2-4(6)5(7)8;;;;/h4H,2-3,6H2,1H3,(H,7,8);;;;/t4-;;;;/m0..../s1. The summed E-state index contributed by atoms with van der Waals surface area (Å²) in [6, 6.07) is -0.683. The molecule has 0 heterocycles. The van der Waals surface area contributed by atoms with Crippen molar-refractivity contribution in [2.45, 2.75) is 12.5 Å². The molecule has 0 aliphatic carbocycles. The Labute approximate surface area is 75.5 Å². The molecule has 0 rings (SSSR count). The lowest BCUT2D eigenvalue weighted by molar-refractivity contribution is -0.138. The van der Waals surface area contributed by atoms with Crippen LogP contribution in [0, 0.1) is 0 Å². The Morgan fingerprint density at radius 3 is 2.60 bits per heavy atom. The number of thioether (sulfide) groups is 1. The van der Waals surface area contributed by atoms with E-state index in [-0.39, 0.29) is 17.4 Å². The molecule has 0 unspecified atom stereocenters. The van der Waals surface area contributed by atoms with Gasteiger partial charge >= 0.3 is 5.97 Å². The van der Waals surface area contributed by atoms with Crippen LogP contribution in [0.3, 0.4) is 0 Å². The average molecular weight is 179 g/mol. The van der Waals surface area contributed by atoms with Crippen molar-refractivity contribution in [1.29, 1.82) is 0 Å². The molecular formula is C5H14AlNO2S. The number of carbonyl (C=O) groups is 1. The van der Waals surface area contributed by atoms with Gasteiger partial charge in [-0.3, -0.25) is 4.79 Å². The van der Waals surface area contributed by atoms with Crippen LogP contribution in [0.5, 0.6) is 0 Å². The Bertz CT molecular complexity index is 102. The van der Waals surface area contributed by atoms with Crippen LogP contribution in [0.1, 0.15) is 6.42 Å². The predicted octanol–water partition coefficient (Wildman–Crippen LogP) is -1.03. The molecule has 3 N–H and O–H groups in total. The highest BCUT2D eigenvalue weighted by Gasteiger charge is 2.08. The third kappa shape index (κ3) is 6.43. The summed E-state index contributed by atoms with van der Waals surface area (Å²) in [5.74, 6) is -0.1000. The van der Waals surface area contributed by atoms with Crippen molar-refractivity contribution < 1.29 is 9.90 Å². The summed E-state index contributed by atoms with van der Waals surface area (Å²) in [7, 11) is 0. The maximum atomic E-state index is 10.1. The molecule has 60 valence electrons. The van der Waals surface area contributed by atoms with Crippen molar-refractivity contribution in [3.8, 4) is 0 Å². The Hall–Kier alpha value is 0.312. The number of aliphatic carboxylic acids is 1. The van der Waals surface area contributed by atoms with E-state index in [2.05, 4.69) is 0 Å². The molecule has 0 bridgehead atoms. The van der Waals surface area contributed by atoms with Crippen molar-refractivity contribution in [2.24, 2.45) is 5.73 Å². The fraction of sp³-hybridized carbons (Fsp3) is 0.800. The number of nitrogens with two attached hydrogens (primary N) is 1. The number of carboxylic acid groups (broad SMARTS) is 1. The second-order valence-electron chi connectivity index (χ2n) is 1.73. The van der Waals surface area contributed by atoms with Gasteiger partial charge in [0.25, 0.3) is 0 Å². The molecule has 0 spiro atoms. The average Bonchev–Trinajstić information content (AvgIpc) is 1.82. The van der Waals surface area contributed by atoms with E-state index in [0.717, 1.165) is 5.75 Å². The van der Waals surface area contributed by atoms with Crippen LogP contribution in [0.15, 0.2) is 0 Å². The van der Waals surface area contributed by atoms with Crippen LogP contribution in [0.25, 0.3) is 0 Å². The van der Waals surface area contributed by atoms with Crippen LogP contribution >= 0.6 is 11.8 Å². The second-order valence-corrected chi connectivity index (χ2v) is 2.71. The first-order chi connectivity index (χ1) is 4.18. The minimum Gasteiger partial charge on any atom is -0.480 e. The van der Waals surface area contributed by atoms with Crippen molar-refractivity contribution in [1.82, 2.24) is 0 Å². The highest BCUT2D eigenvalue weighted by Crippen LogP contribution is 1.97. The summed E-state index contributed by atoms with van der Waals surface area (Å²) in [5, 5.41) is 8.27. The number of carboxylic acids is 1. The fourth-order valence-corrected chi connectivity index (χ4v) is 0.858. The van der Waals surface area contributed by atoms with Gasteiger partial charge in [-0.05, 0) is 18.4 Å². The topological polar surface area (TPSA) is 63.3 Å². The smallest absolute Gasteiger partial charge is 0.320 e. The summed E-state index contributed by atoms with van der Waals surface area (Å²) >= 11 is 1.60. The van der Waals surface area contributed by atoms with Crippen LogP contribution < -0.4 is 5.73 Å². The highest BCUT2D eigenvalue weighted by molar-refractivity contribution is 7.98. The molecule has 0 saturated heterocycles. The highest BCUT2D eigenvalue weighted by atomic mass is 32.2. The predicted molar refractivity (Wildman–Crippen MR) is 48.5 cm³/mol. The Morgan fingerprint density at radius 1 is 1.80 bits per heavy atom. The SMILES string of the molecule is CSCC[C@H](N)C(=O)O.[AlH3]. The van der Waals surface area contributed by atoms with Crippen molar-refractivity contribution >= 4 is 35.1 Å². The molecule has 0 saturated carbocycles. The second kappa shape index (κ2) is 7.42. The molecule has 0 amide bonds. The lowest BCUT2D eigenvalue weighted by atomic mass is 10.2. The van der Waals surface area contributed by atoms with Gasteiger partial charge in [0.2, 0.25) is 0 Å². The zero-order valence-corrected chi connectivity index (χ0v) is 6.15. The van der Waals surface area contributed by atoms with E-state index >= 15 is 0 Å². The van der Waals surface area contributed by atoms with Crippen LogP contribution in [0.4, 0.5) is 0 Å². The van der Waals surface area contributed by atoms with Gasteiger partial charge in [0.15, 0.2) is 17.4 Å². The molecule has 10 heavy (non-hydrogen) atoms. The Balaban J connectivity index is 0. The molecule has 0 aliphatic rings. The molecule has 1 atom stereocenters. The van der Waals surface area contributed by atoms with E-state index in [1.54, 1.807) is 11.8 Å². The molecule has 0 fully saturated rings. The number of hydrogen-bond donors (Lipinski definition) is 2. The summed E-state index contributed by atoms with van der Waals surface area (Å²) in [6.45, 7) is 0. The fourth-order valence-electron chi connectivity index (χ4n) is 0.368. The number of rotatable bonds is 4. The maximum absolute atomic E-state index is 10.1. The summed E-state index contributed by atoms with van der Waals surface area (Å²) in [4.78, 5) is 10.1. The Kier molecular flexibility index (Phi) is 9.60. The first-order valence-corrected chi connectivity index (χ1v) is 4.05. The maximum Gasteiger partial charge on any atom is 0.320 e. The van der Waals surface area contributed by atoms with Gasteiger partial charge in [-0.15, -0.1) is 0 Å². The zero-order valence-electron chi connectivity index (χ0n) is 5.33. The van der Waals surface area contributed by atoms with Crippen molar-refractivity contribution in [2.75, 3.05) is 12.0 Å². The van der Waals surface area contributed by atoms with E-state index in [1.165, 1.54) is 0 Å².